The minimum absolute atomic E-state index is 0.302. The van der Waals surface area contributed by atoms with Gasteiger partial charge in [-0.25, -0.2) is 26.2 Å². The summed E-state index contributed by atoms with van der Waals surface area (Å²) in [5.74, 6) is 13.0. The van der Waals surface area contributed by atoms with Gasteiger partial charge in [-0.1, -0.05) is 12.1 Å². The summed E-state index contributed by atoms with van der Waals surface area (Å²) in [7, 11) is 1.47. The second-order valence-corrected chi connectivity index (χ2v) is 8.83. The molecule has 8 nitrogen and oxygen atoms in total. The standard InChI is InChI=1S/C25H32N6O2/c1-15-13-20(31-18(4)16(2)17(3)28-31)11-12-24(15)33-14-22-21(19-9-10-19)7-6-8-23(22)30(27)25(32)29(5)26/h6-8,11-13,19H,9-10,14,26-27H2,1-5H3. The van der Waals surface area contributed by atoms with Crippen molar-refractivity contribution < 1.29 is 9.53 Å². The molecule has 0 unspecified atom stereocenters. The smallest absolute Gasteiger partial charge is 0.352 e. The summed E-state index contributed by atoms with van der Waals surface area (Å²) >= 11 is 0. The molecule has 0 bridgehead atoms. The summed E-state index contributed by atoms with van der Waals surface area (Å²) in [4.78, 5) is 12.4. The van der Waals surface area contributed by atoms with E-state index in [0.29, 0.717) is 18.2 Å². The average Bonchev–Trinajstić information content (AvgIpc) is 3.61. The molecule has 1 heterocycles. The SMILES string of the molecule is Cc1cc(-n2nc(C)c(C)c2C)ccc1OCc1c(C2CC2)cccc1N(N)C(=O)N(C)N. The maximum atomic E-state index is 12.4. The number of ether oxygens (including phenoxy) is 1. The highest BCUT2D eigenvalue weighted by molar-refractivity contribution is 5.91. The zero-order chi connectivity index (χ0) is 23.9. The van der Waals surface area contributed by atoms with E-state index >= 15 is 0 Å². The molecule has 0 atom stereocenters. The molecule has 1 aliphatic carbocycles. The van der Waals surface area contributed by atoms with Crippen molar-refractivity contribution >= 4 is 11.7 Å². The molecule has 1 fully saturated rings. The number of hydrazine groups is 2. The van der Waals surface area contributed by atoms with E-state index in [-0.39, 0.29) is 0 Å². The molecule has 1 aliphatic rings. The topological polar surface area (TPSA) is 103 Å². The van der Waals surface area contributed by atoms with Gasteiger partial charge >= 0.3 is 6.03 Å². The van der Waals surface area contributed by atoms with Crippen LogP contribution in [-0.4, -0.2) is 27.9 Å². The molecule has 2 aromatic carbocycles. The van der Waals surface area contributed by atoms with Crippen molar-refractivity contribution in [1.29, 1.82) is 0 Å². The Bertz CT molecular complexity index is 1200. The van der Waals surface area contributed by atoms with E-state index < -0.39 is 6.03 Å². The molecule has 1 saturated carbocycles. The van der Waals surface area contributed by atoms with Crippen molar-refractivity contribution in [2.24, 2.45) is 11.7 Å². The summed E-state index contributed by atoms with van der Waals surface area (Å²) < 4.78 is 8.22. The van der Waals surface area contributed by atoms with E-state index in [0.717, 1.165) is 56.8 Å². The van der Waals surface area contributed by atoms with Gasteiger partial charge in [-0.2, -0.15) is 5.10 Å². The molecule has 2 amide bonds. The molecule has 0 spiro atoms. The lowest BCUT2D eigenvalue weighted by molar-refractivity contribution is 0.216. The third-order valence-electron chi connectivity index (χ3n) is 6.40. The van der Waals surface area contributed by atoms with Gasteiger partial charge in [0, 0.05) is 18.3 Å². The fraction of sp³-hybridized carbons (Fsp3) is 0.360. The van der Waals surface area contributed by atoms with E-state index in [1.165, 1.54) is 18.2 Å². The highest BCUT2D eigenvalue weighted by Gasteiger charge is 2.29. The Balaban J connectivity index is 1.61. The highest BCUT2D eigenvalue weighted by atomic mass is 16.5. The van der Waals surface area contributed by atoms with Crippen LogP contribution >= 0.6 is 0 Å². The van der Waals surface area contributed by atoms with Crippen LogP contribution in [0.5, 0.6) is 5.75 Å². The zero-order valence-corrected chi connectivity index (χ0v) is 19.9. The molecule has 4 N–H and O–H groups in total. The number of carbonyl (C=O) groups is 1. The van der Waals surface area contributed by atoms with Crippen molar-refractivity contribution in [2.75, 3.05) is 12.1 Å². The number of rotatable bonds is 6. The summed E-state index contributed by atoms with van der Waals surface area (Å²) in [6.45, 7) is 8.50. The van der Waals surface area contributed by atoms with Gasteiger partial charge in [-0.3, -0.25) is 5.01 Å². The quantitative estimate of drug-likeness (QED) is 0.335. The summed E-state index contributed by atoms with van der Waals surface area (Å²) in [5.41, 5.74) is 8.04. The Kier molecular flexibility index (Phi) is 6.14. The molecular weight excluding hydrogens is 416 g/mol. The largest absolute Gasteiger partial charge is 0.489 e. The van der Waals surface area contributed by atoms with Gasteiger partial charge < -0.3 is 4.74 Å². The fourth-order valence-corrected chi connectivity index (χ4v) is 4.07. The van der Waals surface area contributed by atoms with Gasteiger partial charge in [0.2, 0.25) is 0 Å². The third-order valence-corrected chi connectivity index (χ3v) is 6.40. The summed E-state index contributed by atoms with van der Waals surface area (Å²) in [6.07, 6.45) is 2.25. The van der Waals surface area contributed by atoms with Crippen LogP contribution in [0, 0.1) is 27.7 Å². The molecule has 8 heteroatoms. The first-order valence-electron chi connectivity index (χ1n) is 11.1. The van der Waals surface area contributed by atoms with Gasteiger partial charge in [-0.15, -0.1) is 0 Å². The van der Waals surface area contributed by atoms with Gasteiger partial charge in [0.05, 0.1) is 17.1 Å². The molecule has 1 aromatic heterocycles. The molecule has 0 saturated heterocycles. The number of anilines is 1. The van der Waals surface area contributed by atoms with Crippen LogP contribution in [0.1, 0.15) is 52.4 Å². The predicted molar refractivity (Wildman–Crippen MR) is 129 cm³/mol. The monoisotopic (exact) mass is 448 g/mol. The van der Waals surface area contributed by atoms with Crippen molar-refractivity contribution in [3.05, 3.63) is 70.0 Å². The van der Waals surface area contributed by atoms with Crippen LogP contribution in [0.2, 0.25) is 0 Å². The summed E-state index contributed by atoms with van der Waals surface area (Å²) in [6, 6.07) is 11.4. The summed E-state index contributed by atoms with van der Waals surface area (Å²) in [5, 5.41) is 6.71. The lowest BCUT2D eigenvalue weighted by atomic mass is 10.0. The van der Waals surface area contributed by atoms with Crippen LogP contribution in [0.15, 0.2) is 36.4 Å². The van der Waals surface area contributed by atoms with Crippen molar-refractivity contribution in [3.8, 4) is 11.4 Å². The third kappa shape index (κ3) is 4.44. The van der Waals surface area contributed by atoms with Gasteiger partial charge in [-0.05, 0) is 87.4 Å². The Morgan fingerprint density at radius 1 is 1.15 bits per heavy atom. The minimum Gasteiger partial charge on any atom is -0.489 e. The van der Waals surface area contributed by atoms with Crippen LogP contribution in [0.25, 0.3) is 5.69 Å². The van der Waals surface area contributed by atoms with E-state index in [1.807, 2.05) is 42.8 Å². The number of hydrogen-bond donors (Lipinski definition) is 2. The second kappa shape index (κ2) is 8.88. The van der Waals surface area contributed by atoms with Crippen LogP contribution in [0.4, 0.5) is 10.5 Å². The number of nitrogens with zero attached hydrogens (tertiary/aromatic N) is 4. The lowest BCUT2D eigenvalue weighted by Gasteiger charge is -2.25. The molecule has 3 aromatic rings. The molecule has 33 heavy (non-hydrogen) atoms. The Morgan fingerprint density at radius 3 is 2.45 bits per heavy atom. The average molecular weight is 449 g/mol. The molecule has 4 rings (SSSR count). The second-order valence-electron chi connectivity index (χ2n) is 8.83. The maximum absolute atomic E-state index is 12.4. The number of urea groups is 1. The van der Waals surface area contributed by atoms with Gasteiger partial charge in [0.15, 0.2) is 0 Å². The number of aryl methyl sites for hydroxylation is 2. The van der Waals surface area contributed by atoms with Crippen LogP contribution in [-0.2, 0) is 6.61 Å². The first-order valence-corrected chi connectivity index (χ1v) is 11.1. The number of benzene rings is 2. The van der Waals surface area contributed by atoms with Crippen LogP contribution < -0.4 is 21.4 Å². The first-order chi connectivity index (χ1) is 15.7. The predicted octanol–water partition coefficient (Wildman–Crippen LogP) is 4.17. The number of aromatic nitrogens is 2. The van der Waals surface area contributed by atoms with E-state index in [1.54, 1.807) is 0 Å². The van der Waals surface area contributed by atoms with E-state index in [9.17, 15) is 4.79 Å². The van der Waals surface area contributed by atoms with E-state index in [4.69, 9.17) is 16.4 Å². The Labute approximate surface area is 194 Å². The molecule has 0 radical (unpaired) electrons. The van der Waals surface area contributed by atoms with Crippen LogP contribution in [0.3, 0.4) is 0 Å². The Hall–Kier alpha value is -3.36. The zero-order valence-electron chi connectivity index (χ0n) is 19.9. The van der Waals surface area contributed by atoms with Crippen molar-refractivity contribution in [2.45, 2.75) is 53.1 Å². The minimum atomic E-state index is -0.495. The maximum Gasteiger partial charge on any atom is 0.352 e. The lowest BCUT2D eigenvalue weighted by Crippen LogP contribution is -2.49. The van der Waals surface area contributed by atoms with Gasteiger partial charge in [0.25, 0.3) is 0 Å². The molecule has 0 aliphatic heterocycles. The Morgan fingerprint density at radius 2 is 1.88 bits per heavy atom. The fourth-order valence-electron chi connectivity index (χ4n) is 4.07. The normalized spacial score (nSPS) is 13.2. The number of hydrogen-bond acceptors (Lipinski definition) is 5. The van der Waals surface area contributed by atoms with Gasteiger partial charge in [0.1, 0.15) is 12.4 Å². The first kappa shape index (κ1) is 22.8. The van der Waals surface area contributed by atoms with Crippen molar-refractivity contribution in [1.82, 2.24) is 14.8 Å². The number of amides is 2. The van der Waals surface area contributed by atoms with Crippen molar-refractivity contribution in [3.63, 3.8) is 0 Å². The number of carbonyl (C=O) groups excluding carboxylic acids is 1. The molecule has 174 valence electrons. The molecular formula is C25H32N6O2. The number of nitrogens with two attached hydrogens (primary N) is 2. The van der Waals surface area contributed by atoms with E-state index in [2.05, 4.69) is 31.1 Å². The highest BCUT2D eigenvalue weighted by Crippen LogP contribution is 2.44.